The molecule has 0 saturated carbocycles. The number of rotatable bonds is 23. The minimum atomic E-state index is -0.650. The normalized spacial score (nSPS) is 21.1. The number of carbonyl (C=O) groups is 6. The molecule has 0 bridgehead atoms. The molecule has 4 heterocycles. The summed E-state index contributed by atoms with van der Waals surface area (Å²) in [5.74, 6) is -0.661. The molecule has 5 amide bonds. The van der Waals surface area contributed by atoms with Gasteiger partial charge in [0.1, 0.15) is 11.8 Å². The third kappa shape index (κ3) is 15.2. The molecule has 0 spiro atoms. The SMILES string of the molecule is CC[C@@H](C)C(=O)N[C@H](C(=O)N1CC[C@H](C)[C@H]1CN(CCc1ccccc1)C(=O)c1ccc(-c2ccc(C(=O)N(CCc3ccccc3)C[C@@H]3[C@@H](C)CCN3C(=O)[C@@H](CC(=O)C(C)C)C3CCOCC3)cc2)cc1)C1CCOCC1. The zero-order valence-corrected chi connectivity index (χ0v) is 47.9. The van der Waals surface area contributed by atoms with Gasteiger partial charge in [0.05, 0.1) is 12.1 Å². The summed E-state index contributed by atoms with van der Waals surface area (Å²) in [4.78, 5) is 93.4. The van der Waals surface area contributed by atoms with Crippen LogP contribution in [0.1, 0.15) is 125 Å². The smallest absolute Gasteiger partial charge is 0.253 e. The lowest BCUT2D eigenvalue weighted by atomic mass is 9.80. The first-order chi connectivity index (χ1) is 38.2. The highest BCUT2D eigenvalue weighted by molar-refractivity contribution is 5.96. The van der Waals surface area contributed by atoms with E-state index in [-0.39, 0.29) is 89.3 Å². The fourth-order valence-corrected chi connectivity index (χ4v) is 12.2. The molecule has 0 radical (unpaired) electrons. The molecule has 4 aliphatic rings. The molecule has 424 valence electrons. The Bertz CT molecular complexity index is 2630. The molecule has 4 aromatic rings. The number of benzene rings is 4. The average molecular weight is 1080 g/mol. The predicted octanol–water partition coefficient (Wildman–Crippen LogP) is 9.81. The standard InChI is InChI=1S/C66H87N5O8/c1-7-46(4)62(73)67-61(54-32-40-79-41-33-54)66(77)71-37-27-48(6)59(71)44-69(35-29-50-16-12-9-13-17-50)64(75)56-24-20-52(21-25-56)51-18-22-55(23-19-51)63(74)68(34-28-49-14-10-8-11-15-49)43-58-47(5)26-36-70(58)65(76)57(42-60(72)45(2)3)53-30-38-78-39-31-53/h8-25,45-48,53-54,57-59,61H,7,26-44H2,1-6H3,(H,67,73)/t46-,47+,48+,57+,58-,59-,61+/m1/s1. The zero-order valence-electron chi connectivity index (χ0n) is 47.9. The van der Waals surface area contributed by atoms with E-state index in [1.54, 1.807) is 0 Å². The topological polar surface area (TPSA) is 146 Å². The number of likely N-dealkylation sites (tertiary alicyclic amines) is 2. The van der Waals surface area contributed by atoms with Crippen LogP contribution in [0.4, 0.5) is 0 Å². The van der Waals surface area contributed by atoms with Crippen molar-refractivity contribution in [1.82, 2.24) is 24.9 Å². The Morgan fingerprint density at radius 3 is 1.43 bits per heavy atom. The first kappa shape index (κ1) is 59.0. The molecule has 13 nitrogen and oxygen atoms in total. The maximum atomic E-state index is 14.8. The van der Waals surface area contributed by atoms with E-state index in [1.807, 2.05) is 132 Å². The molecule has 4 aliphatic heterocycles. The molecular formula is C66H87N5O8. The second-order valence-electron chi connectivity index (χ2n) is 23.5. The summed E-state index contributed by atoms with van der Waals surface area (Å²) in [6.07, 6.45) is 6.78. The Labute approximate surface area is 470 Å². The van der Waals surface area contributed by atoms with Crippen molar-refractivity contribution in [2.75, 3.05) is 65.7 Å². The van der Waals surface area contributed by atoms with Gasteiger partial charge in [-0.15, -0.1) is 0 Å². The number of Topliss-reactive ketones (excluding diaryl/α,β-unsaturated/α-hetero) is 1. The largest absolute Gasteiger partial charge is 0.381 e. The number of ketones is 1. The van der Waals surface area contributed by atoms with Crippen molar-refractivity contribution in [3.63, 3.8) is 0 Å². The number of amides is 5. The summed E-state index contributed by atoms with van der Waals surface area (Å²) in [7, 11) is 0. The molecule has 79 heavy (non-hydrogen) atoms. The molecular weight excluding hydrogens is 991 g/mol. The van der Waals surface area contributed by atoms with Gasteiger partial charge in [-0.25, -0.2) is 0 Å². The van der Waals surface area contributed by atoms with Crippen LogP contribution >= 0.6 is 0 Å². The summed E-state index contributed by atoms with van der Waals surface area (Å²) in [5.41, 5.74) is 5.14. The number of hydrogen-bond acceptors (Lipinski definition) is 8. The molecule has 7 atom stereocenters. The van der Waals surface area contributed by atoms with Crippen LogP contribution in [-0.2, 0) is 41.5 Å². The fraction of sp³-hybridized carbons (Fsp3) is 0.545. The van der Waals surface area contributed by atoms with Crippen LogP contribution in [0, 0.1) is 41.4 Å². The van der Waals surface area contributed by atoms with Crippen molar-refractivity contribution < 1.29 is 38.2 Å². The van der Waals surface area contributed by atoms with Crippen LogP contribution in [0.5, 0.6) is 0 Å². The lowest BCUT2D eigenvalue weighted by molar-refractivity contribution is -0.143. The molecule has 8 rings (SSSR count). The number of carbonyl (C=O) groups excluding carboxylic acids is 6. The summed E-state index contributed by atoms with van der Waals surface area (Å²) in [6.45, 7) is 17.2. The maximum absolute atomic E-state index is 14.8. The second kappa shape index (κ2) is 28.3. The van der Waals surface area contributed by atoms with Gasteiger partial charge < -0.3 is 34.4 Å². The third-order valence-corrected chi connectivity index (χ3v) is 17.9. The second-order valence-corrected chi connectivity index (χ2v) is 23.5. The molecule has 0 aliphatic carbocycles. The van der Waals surface area contributed by atoms with Crippen molar-refractivity contribution >= 4 is 35.3 Å². The number of ether oxygens (including phenoxy) is 2. The van der Waals surface area contributed by atoms with E-state index in [1.165, 1.54) is 0 Å². The van der Waals surface area contributed by atoms with Crippen molar-refractivity contribution in [2.24, 2.45) is 41.4 Å². The van der Waals surface area contributed by atoms with Crippen LogP contribution in [0.25, 0.3) is 11.1 Å². The summed E-state index contributed by atoms with van der Waals surface area (Å²) >= 11 is 0. The van der Waals surface area contributed by atoms with E-state index in [4.69, 9.17) is 9.47 Å². The molecule has 0 unspecified atom stereocenters. The van der Waals surface area contributed by atoms with Gasteiger partial charge >= 0.3 is 0 Å². The maximum Gasteiger partial charge on any atom is 0.253 e. The lowest BCUT2D eigenvalue weighted by Gasteiger charge is -2.37. The van der Waals surface area contributed by atoms with E-state index in [0.717, 1.165) is 47.9 Å². The predicted molar refractivity (Wildman–Crippen MR) is 309 cm³/mol. The van der Waals surface area contributed by atoms with Crippen molar-refractivity contribution in [3.8, 4) is 11.1 Å². The van der Waals surface area contributed by atoms with E-state index in [9.17, 15) is 28.8 Å². The minimum absolute atomic E-state index is 0.0258. The van der Waals surface area contributed by atoms with Crippen molar-refractivity contribution in [3.05, 3.63) is 131 Å². The average Bonchev–Trinajstić information content (AvgIpc) is 4.16. The summed E-state index contributed by atoms with van der Waals surface area (Å²) in [6, 6.07) is 34.5. The van der Waals surface area contributed by atoms with Gasteiger partial charge in [-0.3, -0.25) is 28.8 Å². The van der Waals surface area contributed by atoms with E-state index in [2.05, 4.69) is 43.4 Å². The van der Waals surface area contributed by atoms with Crippen LogP contribution in [0.3, 0.4) is 0 Å². The Morgan fingerprint density at radius 1 is 0.570 bits per heavy atom. The van der Waals surface area contributed by atoms with Gasteiger partial charge in [0.15, 0.2) is 0 Å². The highest BCUT2D eigenvalue weighted by Crippen LogP contribution is 2.35. The van der Waals surface area contributed by atoms with Crippen molar-refractivity contribution in [2.45, 2.75) is 124 Å². The van der Waals surface area contributed by atoms with Gasteiger partial charge in [-0.2, -0.15) is 0 Å². The van der Waals surface area contributed by atoms with Gasteiger partial charge in [0, 0.05) is 101 Å². The fourth-order valence-electron chi connectivity index (χ4n) is 12.2. The van der Waals surface area contributed by atoms with Crippen LogP contribution < -0.4 is 5.32 Å². The number of nitrogens with zero attached hydrogens (tertiary/aromatic N) is 4. The Morgan fingerprint density at radius 2 is 1.00 bits per heavy atom. The molecule has 1 N–H and O–H groups in total. The Hall–Kier alpha value is -6.18. The Kier molecular flexibility index (Phi) is 21.1. The first-order valence-electron chi connectivity index (χ1n) is 29.7. The number of nitrogens with one attached hydrogen (secondary N) is 1. The number of hydrogen-bond donors (Lipinski definition) is 1. The highest BCUT2D eigenvalue weighted by atomic mass is 16.5. The van der Waals surface area contributed by atoms with E-state index < -0.39 is 12.0 Å². The van der Waals surface area contributed by atoms with Gasteiger partial charge in [-0.05, 0) is 128 Å². The molecule has 4 aromatic carbocycles. The Balaban J connectivity index is 0.989. The highest BCUT2D eigenvalue weighted by Gasteiger charge is 2.44. The van der Waals surface area contributed by atoms with Crippen LogP contribution in [-0.4, -0.2) is 139 Å². The monoisotopic (exact) mass is 1080 g/mol. The van der Waals surface area contributed by atoms with Crippen LogP contribution in [0.15, 0.2) is 109 Å². The van der Waals surface area contributed by atoms with Gasteiger partial charge in [0.25, 0.3) is 11.8 Å². The van der Waals surface area contributed by atoms with Crippen LogP contribution in [0.2, 0.25) is 0 Å². The molecule has 13 heteroatoms. The zero-order chi connectivity index (χ0) is 56.0. The molecule has 0 aromatic heterocycles. The quantitative estimate of drug-likeness (QED) is 0.0773. The lowest BCUT2D eigenvalue weighted by Crippen LogP contribution is -2.57. The first-order valence-corrected chi connectivity index (χ1v) is 29.7. The summed E-state index contributed by atoms with van der Waals surface area (Å²) < 4.78 is 11.3. The molecule has 4 saturated heterocycles. The van der Waals surface area contributed by atoms with Gasteiger partial charge in [0.2, 0.25) is 17.7 Å². The van der Waals surface area contributed by atoms with E-state index >= 15 is 0 Å². The minimum Gasteiger partial charge on any atom is -0.381 e. The molecule has 4 fully saturated rings. The van der Waals surface area contributed by atoms with Gasteiger partial charge in [-0.1, -0.05) is 126 Å². The summed E-state index contributed by atoms with van der Waals surface area (Å²) in [5, 5.41) is 3.17. The van der Waals surface area contributed by atoms with Crippen molar-refractivity contribution in [1.29, 1.82) is 0 Å². The third-order valence-electron chi connectivity index (χ3n) is 17.9. The van der Waals surface area contributed by atoms with E-state index in [0.29, 0.717) is 109 Å².